The average Bonchev–Trinajstić information content (AvgIpc) is 2.53. The van der Waals surface area contributed by atoms with Crippen LogP contribution in [0.2, 0.25) is 0 Å². The highest BCUT2D eigenvalue weighted by Crippen LogP contribution is 2.23. The van der Waals surface area contributed by atoms with Gasteiger partial charge in [-0.3, -0.25) is 4.79 Å². The molecule has 0 aromatic heterocycles. The van der Waals surface area contributed by atoms with Gasteiger partial charge >= 0.3 is 0 Å². The van der Waals surface area contributed by atoms with E-state index in [1.165, 1.54) is 19.3 Å². The molecule has 4 nitrogen and oxygen atoms in total. The number of amides is 1. The van der Waals surface area contributed by atoms with Gasteiger partial charge in [-0.2, -0.15) is 0 Å². The van der Waals surface area contributed by atoms with Crippen LogP contribution in [0.3, 0.4) is 0 Å². The number of ether oxygens (including phenoxy) is 1. The maximum atomic E-state index is 12.0. The van der Waals surface area contributed by atoms with Gasteiger partial charge in [0.2, 0.25) is 5.91 Å². The second-order valence-corrected chi connectivity index (χ2v) is 6.68. The largest absolute Gasteiger partial charge is 0.491 e. The Balaban J connectivity index is 1.88. The van der Waals surface area contributed by atoms with Crippen molar-refractivity contribution < 1.29 is 9.53 Å². The van der Waals surface area contributed by atoms with Gasteiger partial charge in [-0.25, -0.2) is 0 Å². The number of benzene rings is 1. The Morgan fingerprint density at radius 2 is 2.09 bits per heavy atom. The van der Waals surface area contributed by atoms with Crippen molar-refractivity contribution in [3.8, 4) is 5.75 Å². The fourth-order valence-electron chi connectivity index (χ4n) is 2.73. The molecule has 1 amide bonds. The van der Waals surface area contributed by atoms with Gasteiger partial charge in [0.15, 0.2) is 0 Å². The summed E-state index contributed by atoms with van der Waals surface area (Å²) in [5.74, 6) is 1.12. The lowest BCUT2D eigenvalue weighted by Gasteiger charge is -2.21. The molecule has 0 spiro atoms. The number of nitrogens with one attached hydrogen (secondary N) is 1. The zero-order chi connectivity index (χ0) is 16.7. The standard InChI is InChI=1S/C19H28N2O2/c1-14(2)13-23-18-10-8-15(12-17(18)20)9-11-19(22)21-16-6-4-3-5-7-16/h8-12,14,16H,3-7,13,20H2,1-2H3,(H,21,22)/b11-9-. The Morgan fingerprint density at radius 1 is 1.35 bits per heavy atom. The SMILES string of the molecule is CC(C)COc1ccc(/C=C\C(=O)NC2CCCCC2)cc1N. The smallest absolute Gasteiger partial charge is 0.244 e. The first kappa shape index (κ1) is 17.4. The van der Waals surface area contributed by atoms with E-state index >= 15 is 0 Å². The average molecular weight is 316 g/mol. The molecule has 1 aliphatic carbocycles. The van der Waals surface area contributed by atoms with Crippen molar-refractivity contribution in [2.24, 2.45) is 5.92 Å². The topological polar surface area (TPSA) is 64.3 Å². The summed E-state index contributed by atoms with van der Waals surface area (Å²) in [5, 5.41) is 3.07. The van der Waals surface area contributed by atoms with Gasteiger partial charge in [-0.05, 0) is 42.5 Å². The Morgan fingerprint density at radius 3 is 2.74 bits per heavy atom. The molecule has 1 aromatic carbocycles. The molecule has 1 saturated carbocycles. The zero-order valence-electron chi connectivity index (χ0n) is 14.2. The highest BCUT2D eigenvalue weighted by molar-refractivity contribution is 5.92. The van der Waals surface area contributed by atoms with E-state index in [1.807, 2.05) is 18.2 Å². The molecule has 0 saturated heterocycles. The highest BCUT2D eigenvalue weighted by Gasteiger charge is 2.14. The summed E-state index contributed by atoms with van der Waals surface area (Å²) in [5.41, 5.74) is 7.50. The molecule has 0 atom stereocenters. The third-order valence-electron chi connectivity index (χ3n) is 3.98. The quantitative estimate of drug-likeness (QED) is 0.620. The van der Waals surface area contributed by atoms with E-state index in [2.05, 4.69) is 19.2 Å². The predicted octanol–water partition coefficient (Wildman–Crippen LogP) is 3.77. The van der Waals surface area contributed by atoms with Crippen molar-refractivity contribution in [3.63, 3.8) is 0 Å². The molecule has 0 heterocycles. The summed E-state index contributed by atoms with van der Waals surface area (Å²) in [7, 11) is 0. The van der Waals surface area contributed by atoms with E-state index < -0.39 is 0 Å². The van der Waals surface area contributed by atoms with Crippen LogP contribution in [-0.2, 0) is 4.79 Å². The Bertz CT molecular complexity index is 546. The molecule has 4 heteroatoms. The highest BCUT2D eigenvalue weighted by atomic mass is 16.5. The number of hydrogen-bond acceptors (Lipinski definition) is 3. The molecule has 1 fully saturated rings. The number of rotatable bonds is 6. The molecule has 0 bridgehead atoms. The van der Waals surface area contributed by atoms with Crippen LogP contribution in [0, 0.1) is 5.92 Å². The summed E-state index contributed by atoms with van der Waals surface area (Å²) in [4.78, 5) is 12.0. The summed E-state index contributed by atoms with van der Waals surface area (Å²) < 4.78 is 5.65. The molecule has 0 aliphatic heterocycles. The fourth-order valence-corrected chi connectivity index (χ4v) is 2.73. The van der Waals surface area contributed by atoms with E-state index in [4.69, 9.17) is 10.5 Å². The van der Waals surface area contributed by atoms with Crippen molar-refractivity contribution in [3.05, 3.63) is 29.8 Å². The van der Waals surface area contributed by atoms with E-state index in [9.17, 15) is 4.79 Å². The van der Waals surface area contributed by atoms with Crippen LogP contribution >= 0.6 is 0 Å². The lowest BCUT2D eigenvalue weighted by Crippen LogP contribution is -2.34. The molecule has 0 unspecified atom stereocenters. The molecular formula is C19H28N2O2. The summed E-state index contributed by atoms with van der Waals surface area (Å²) in [6.45, 7) is 4.83. The Hall–Kier alpha value is -1.97. The van der Waals surface area contributed by atoms with Crippen LogP contribution in [0.4, 0.5) is 5.69 Å². The van der Waals surface area contributed by atoms with Gasteiger partial charge in [-0.1, -0.05) is 39.2 Å². The number of anilines is 1. The lowest BCUT2D eigenvalue weighted by molar-refractivity contribution is -0.117. The van der Waals surface area contributed by atoms with Gasteiger partial charge in [0.1, 0.15) is 5.75 Å². The third kappa shape index (κ3) is 5.97. The van der Waals surface area contributed by atoms with Crippen molar-refractivity contribution in [2.45, 2.75) is 52.0 Å². The molecule has 0 radical (unpaired) electrons. The molecule has 2 rings (SSSR count). The Labute approximate surface area is 139 Å². The molecule has 1 aliphatic rings. The molecule has 1 aromatic rings. The van der Waals surface area contributed by atoms with Crippen LogP contribution in [0.5, 0.6) is 5.75 Å². The molecule has 23 heavy (non-hydrogen) atoms. The molecular weight excluding hydrogens is 288 g/mol. The minimum atomic E-state index is -0.0318. The van der Waals surface area contributed by atoms with Crippen LogP contribution < -0.4 is 15.8 Å². The summed E-state index contributed by atoms with van der Waals surface area (Å²) >= 11 is 0. The molecule has 126 valence electrons. The van der Waals surface area contributed by atoms with Gasteiger partial charge in [0.05, 0.1) is 12.3 Å². The van der Waals surface area contributed by atoms with Crippen molar-refractivity contribution in [1.82, 2.24) is 5.32 Å². The monoisotopic (exact) mass is 316 g/mol. The van der Waals surface area contributed by atoms with E-state index in [-0.39, 0.29) is 5.91 Å². The first-order valence-electron chi connectivity index (χ1n) is 8.55. The Kier molecular flexibility index (Phi) is 6.51. The van der Waals surface area contributed by atoms with Gasteiger partial charge < -0.3 is 15.8 Å². The van der Waals surface area contributed by atoms with E-state index in [0.29, 0.717) is 30.0 Å². The maximum Gasteiger partial charge on any atom is 0.244 e. The van der Waals surface area contributed by atoms with Gasteiger partial charge in [0, 0.05) is 12.1 Å². The minimum absolute atomic E-state index is 0.0318. The van der Waals surface area contributed by atoms with Gasteiger partial charge in [-0.15, -0.1) is 0 Å². The van der Waals surface area contributed by atoms with Gasteiger partial charge in [0.25, 0.3) is 0 Å². The lowest BCUT2D eigenvalue weighted by atomic mass is 9.95. The van der Waals surface area contributed by atoms with E-state index in [0.717, 1.165) is 18.4 Å². The zero-order valence-corrected chi connectivity index (χ0v) is 14.2. The third-order valence-corrected chi connectivity index (χ3v) is 3.98. The van der Waals surface area contributed by atoms with Crippen molar-refractivity contribution in [1.29, 1.82) is 0 Å². The minimum Gasteiger partial charge on any atom is -0.491 e. The predicted molar refractivity (Wildman–Crippen MR) is 95.2 cm³/mol. The number of hydrogen-bond donors (Lipinski definition) is 2. The summed E-state index contributed by atoms with van der Waals surface area (Å²) in [6, 6.07) is 5.94. The number of carbonyl (C=O) groups is 1. The maximum absolute atomic E-state index is 12.0. The number of carbonyl (C=O) groups excluding carboxylic acids is 1. The van der Waals surface area contributed by atoms with Crippen molar-refractivity contribution in [2.75, 3.05) is 12.3 Å². The number of nitrogens with two attached hydrogens (primary N) is 1. The van der Waals surface area contributed by atoms with E-state index in [1.54, 1.807) is 12.2 Å². The van der Waals surface area contributed by atoms with Crippen LogP contribution in [0.1, 0.15) is 51.5 Å². The van der Waals surface area contributed by atoms with Crippen LogP contribution in [0.15, 0.2) is 24.3 Å². The van der Waals surface area contributed by atoms with Crippen LogP contribution in [0.25, 0.3) is 6.08 Å². The summed E-state index contributed by atoms with van der Waals surface area (Å²) in [6.07, 6.45) is 9.26. The number of nitrogen functional groups attached to an aromatic ring is 1. The first-order chi connectivity index (χ1) is 11.0. The fraction of sp³-hybridized carbons (Fsp3) is 0.526. The van der Waals surface area contributed by atoms with Crippen molar-refractivity contribution >= 4 is 17.7 Å². The second-order valence-electron chi connectivity index (χ2n) is 6.68. The normalized spacial score (nSPS) is 16.0. The van der Waals surface area contributed by atoms with Crippen LogP contribution in [-0.4, -0.2) is 18.6 Å². The molecule has 3 N–H and O–H groups in total. The first-order valence-corrected chi connectivity index (χ1v) is 8.55. The second kappa shape index (κ2) is 8.61.